The summed E-state index contributed by atoms with van der Waals surface area (Å²) in [5.74, 6) is 0. The lowest BCUT2D eigenvalue weighted by Crippen LogP contribution is -2.38. The highest BCUT2D eigenvalue weighted by Crippen LogP contribution is 2.27. The smallest absolute Gasteiger partial charge is 0.204 e. The zero-order valence-corrected chi connectivity index (χ0v) is 13.2. The Bertz CT molecular complexity index is 881. The van der Waals surface area contributed by atoms with E-state index in [0.29, 0.717) is 13.2 Å². The molecule has 0 amide bonds. The lowest BCUT2D eigenvalue weighted by atomic mass is 10.1. The predicted octanol–water partition coefficient (Wildman–Crippen LogP) is 2.36. The molecule has 2 aliphatic heterocycles. The van der Waals surface area contributed by atoms with Crippen LogP contribution in [0.5, 0.6) is 0 Å². The SMILES string of the molecule is CCn1c2cc(=O)c(N3CCOCC3)cc-2nc2ccccc21. The van der Waals surface area contributed by atoms with Gasteiger partial charge in [0.05, 0.1) is 41.3 Å². The zero-order valence-electron chi connectivity index (χ0n) is 13.2. The third kappa shape index (κ3) is 2.37. The van der Waals surface area contributed by atoms with Gasteiger partial charge in [0.25, 0.3) is 0 Å². The molecule has 1 fully saturated rings. The number of rotatable bonds is 2. The van der Waals surface area contributed by atoms with Crippen LogP contribution in [0.25, 0.3) is 22.4 Å². The maximum absolute atomic E-state index is 12.6. The summed E-state index contributed by atoms with van der Waals surface area (Å²) in [6, 6.07) is 11.7. The summed E-state index contributed by atoms with van der Waals surface area (Å²) in [7, 11) is 0. The number of benzene rings is 2. The van der Waals surface area contributed by atoms with Crippen LogP contribution in [-0.4, -0.2) is 35.9 Å². The van der Waals surface area contributed by atoms with Gasteiger partial charge in [0.1, 0.15) is 0 Å². The average Bonchev–Trinajstić information content (AvgIpc) is 2.60. The van der Waals surface area contributed by atoms with Crippen LogP contribution in [0.1, 0.15) is 6.92 Å². The normalized spacial score (nSPS) is 15.4. The summed E-state index contributed by atoms with van der Waals surface area (Å²) in [5, 5.41) is 0. The molecule has 0 aromatic heterocycles. The molecule has 5 heteroatoms. The van der Waals surface area contributed by atoms with E-state index in [0.717, 1.165) is 47.7 Å². The first-order valence-corrected chi connectivity index (χ1v) is 8.04. The van der Waals surface area contributed by atoms with Crippen LogP contribution >= 0.6 is 0 Å². The van der Waals surface area contributed by atoms with Gasteiger partial charge in [-0.1, -0.05) is 12.1 Å². The second-order valence-electron chi connectivity index (χ2n) is 5.75. The Morgan fingerprint density at radius 2 is 1.96 bits per heavy atom. The minimum Gasteiger partial charge on any atom is -0.378 e. The van der Waals surface area contributed by atoms with Gasteiger partial charge in [-0.15, -0.1) is 0 Å². The number of anilines is 1. The molecule has 0 atom stereocenters. The van der Waals surface area contributed by atoms with Crippen LogP contribution < -0.4 is 10.3 Å². The number of hydrogen-bond donors (Lipinski definition) is 0. The largest absolute Gasteiger partial charge is 0.378 e. The molecule has 3 aliphatic rings. The van der Waals surface area contributed by atoms with E-state index in [1.54, 1.807) is 6.07 Å². The number of nitrogens with zero attached hydrogens (tertiary/aromatic N) is 3. The van der Waals surface area contributed by atoms with Crippen molar-refractivity contribution >= 4 is 16.7 Å². The Morgan fingerprint density at radius 3 is 2.74 bits per heavy atom. The summed E-state index contributed by atoms with van der Waals surface area (Å²) in [5.41, 5.74) is 4.55. The number of aryl methyl sites for hydroxylation is 1. The summed E-state index contributed by atoms with van der Waals surface area (Å²) in [6.45, 7) is 5.72. The molecule has 118 valence electrons. The first kappa shape index (κ1) is 14.2. The molecular weight excluding hydrogens is 290 g/mol. The molecule has 1 aromatic carbocycles. The van der Waals surface area contributed by atoms with Gasteiger partial charge in [0.15, 0.2) is 0 Å². The van der Waals surface area contributed by atoms with E-state index in [4.69, 9.17) is 9.72 Å². The van der Waals surface area contributed by atoms with E-state index >= 15 is 0 Å². The predicted molar refractivity (Wildman–Crippen MR) is 91.3 cm³/mol. The monoisotopic (exact) mass is 309 g/mol. The Hall–Kier alpha value is -2.40. The number of aromatic nitrogens is 2. The summed E-state index contributed by atoms with van der Waals surface area (Å²) >= 11 is 0. The van der Waals surface area contributed by atoms with Crippen LogP contribution in [0.4, 0.5) is 5.69 Å². The second kappa shape index (κ2) is 5.66. The second-order valence-corrected chi connectivity index (χ2v) is 5.75. The summed E-state index contributed by atoms with van der Waals surface area (Å²) in [4.78, 5) is 19.5. The van der Waals surface area contributed by atoms with E-state index in [1.807, 2.05) is 30.3 Å². The Morgan fingerprint density at radius 1 is 1.17 bits per heavy atom. The van der Waals surface area contributed by atoms with E-state index < -0.39 is 0 Å². The van der Waals surface area contributed by atoms with Gasteiger partial charge in [-0.2, -0.15) is 0 Å². The molecule has 1 aliphatic carbocycles. The number of para-hydroxylation sites is 2. The number of fused-ring (bicyclic) bond motifs is 2. The van der Waals surface area contributed by atoms with Crippen molar-refractivity contribution < 1.29 is 4.74 Å². The fourth-order valence-electron chi connectivity index (χ4n) is 3.29. The quantitative estimate of drug-likeness (QED) is 0.682. The molecule has 1 aromatic rings. The van der Waals surface area contributed by atoms with E-state index in [2.05, 4.69) is 16.4 Å². The van der Waals surface area contributed by atoms with E-state index in [-0.39, 0.29) is 5.43 Å². The third-order valence-electron chi connectivity index (χ3n) is 4.43. The molecule has 0 radical (unpaired) electrons. The Labute approximate surface area is 134 Å². The first-order chi connectivity index (χ1) is 11.3. The van der Waals surface area contributed by atoms with Crippen LogP contribution in [0.3, 0.4) is 0 Å². The van der Waals surface area contributed by atoms with Gasteiger partial charge in [0, 0.05) is 25.7 Å². The number of ether oxygens (including phenoxy) is 1. The highest BCUT2D eigenvalue weighted by Gasteiger charge is 2.19. The Kier molecular flexibility index (Phi) is 3.50. The molecule has 0 bridgehead atoms. The molecular formula is C18H19N3O2. The average molecular weight is 309 g/mol. The molecule has 4 rings (SSSR count). The molecule has 0 saturated carbocycles. The van der Waals surface area contributed by atoms with Crippen molar-refractivity contribution in [2.45, 2.75) is 13.5 Å². The standard InChI is InChI=1S/C18H19N3O2/c1-2-21-15-6-4-3-5-13(15)19-14-11-17(18(22)12-16(14)21)20-7-9-23-10-8-20/h3-6,11-12H,2,7-10H2,1H3. The van der Waals surface area contributed by atoms with Crippen molar-refractivity contribution in [3.63, 3.8) is 0 Å². The van der Waals surface area contributed by atoms with Crippen LogP contribution in [0, 0.1) is 0 Å². The van der Waals surface area contributed by atoms with Gasteiger partial charge in [-0.05, 0) is 25.1 Å². The molecule has 23 heavy (non-hydrogen) atoms. The number of morpholine rings is 1. The summed E-state index contributed by atoms with van der Waals surface area (Å²) < 4.78 is 7.53. The van der Waals surface area contributed by atoms with Crippen molar-refractivity contribution in [2.24, 2.45) is 0 Å². The molecule has 2 heterocycles. The molecule has 0 spiro atoms. The van der Waals surface area contributed by atoms with Gasteiger partial charge in [-0.3, -0.25) is 4.79 Å². The molecule has 0 N–H and O–H groups in total. The maximum atomic E-state index is 12.6. The van der Waals surface area contributed by atoms with E-state index in [1.165, 1.54) is 0 Å². The zero-order chi connectivity index (χ0) is 15.8. The van der Waals surface area contributed by atoms with Crippen molar-refractivity contribution in [3.8, 4) is 11.4 Å². The highest BCUT2D eigenvalue weighted by molar-refractivity contribution is 5.81. The van der Waals surface area contributed by atoms with E-state index in [9.17, 15) is 4.79 Å². The lowest BCUT2D eigenvalue weighted by molar-refractivity contribution is 0.122. The van der Waals surface area contributed by atoms with Gasteiger partial charge in [0.2, 0.25) is 5.43 Å². The topological polar surface area (TPSA) is 47.4 Å². The first-order valence-electron chi connectivity index (χ1n) is 8.04. The summed E-state index contributed by atoms with van der Waals surface area (Å²) in [6.07, 6.45) is 0. The van der Waals surface area contributed by atoms with Crippen molar-refractivity contribution in [1.29, 1.82) is 0 Å². The fraction of sp³-hybridized carbons (Fsp3) is 0.333. The minimum absolute atomic E-state index is 0.0543. The van der Waals surface area contributed by atoms with Crippen molar-refractivity contribution in [1.82, 2.24) is 9.55 Å². The van der Waals surface area contributed by atoms with Crippen LogP contribution in [-0.2, 0) is 11.3 Å². The van der Waals surface area contributed by atoms with Crippen molar-refractivity contribution in [2.75, 3.05) is 31.2 Å². The van der Waals surface area contributed by atoms with Crippen LogP contribution in [0.2, 0.25) is 0 Å². The highest BCUT2D eigenvalue weighted by atomic mass is 16.5. The third-order valence-corrected chi connectivity index (χ3v) is 4.43. The van der Waals surface area contributed by atoms with Crippen molar-refractivity contribution in [3.05, 3.63) is 46.6 Å². The van der Waals surface area contributed by atoms with Crippen LogP contribution in [0.15, 0.2) is 41.2 Å². The van der Waals surface area contributed by atoms with Gasteiger partial charge < -0.3 is 14.2 Å². The van der Waals surface area contributed by atoms with Gasteiger partial charge >= 0.3 is 0 Å². The molecule has 1 saturated heterocycles. The van der Waals surface area contributed by atoms with Gasteiger partial charge in [-0.25, -0.2) is 4.98 Å². The maximum Gasteiger partial charge on any atom is 0.204 e. The fourth-order valence-corrected chi connectivity index (χ4v) is 3.29. The molecule has 0 unspecified atom stereocenters. The molecule has 5 nitrogen and oxygen atoms in total. The minimum atomic E-state index is 0.0543. The lowest BCUT2D eigenvalue weighted by Gasteiger charge is -2.29. The number of hydrogen-bond acceptors (Lipinski definition) is 4. The Balaban J connectivity index is 1.96.